The van der Waals surface area contributed by atoms with Crippen LogP contribution in [0.15, 0.2) is 23.2 Å². The molecule has 0 saturated carbocycles. The van der Waals surface area contributed by atoms with E-state index >= 15 is 0 Å². The molecule has 29 heavy (non-hydrogen) atoms. The summed E-state index contributed by atoms with van der Waals surface area (Å²) in [6.07, 6.45) is 3.45. The van der Waals surface area contributed by atoms with Gasteiger partial charge in [-0.3, -0.25) is 4.79 Å². The zero-order valence-electron chi connectivity index (χ0n) is 17.7. The Hall–Kier alpha value is -1.75. The fraction of sp³-hybridized carbons (Fsp3) is 0.600. The van der Waals surface area contributed by atoms with Gasteiger partial charge in [0.2, 0.25) is 5.91 Å². The Morgan fingerprint density at radius 2 is 2.10 bits per heavy atom. The molecular formula is C20H33IN4O4. The van der Waals surface area contributed by atoms with Crippen LogP contribution < -0.4 is 20.1 Å². The number of nitrogens with one attached hydrogen (secondary N) is 2. The molecule has 2 N–H and O–H groups in total. The standard InChI is InChI=1S/C20H32N4O4.HI/c1-5-27-17-10-9-15(12-18(17)26-4)23-20(22-14-19(25)24(2)3)21-13-16-8-6-7-11-28-16;/h9-10,12,16H,5-8,11,13-14H2,1-4H3,(H2,21,22,23);1H. The normalized spacial score (nSPS) is 16.4. The Labute approximate surface area is 190 Å². The number of ether oxygens (including phenoxy) is 3. The molecule has 9 heteroatoms. The number of anilines is 1. The van der Waals surface area contributed by atoms with Crippen LogP contribution in [0.5, 0.6) is 11.5 Å². The predicted octanol–water partition coefficient (Wildman–Crippen LogP) is 2.73. The molecule has 1 amide bonds. The maximum Gasteiger partial charge on any atom is 0.243 e. The number of aliphatic imine (C=N–C) groups is 1. The molecule has 1 atom stereocenters. The molecule has 8 nitrogen and oxygen atoms in total. The van der Waals surface area contributed by atoms with Crippen LogP contribution >= 0.6 is 24.0 Å². The van der Waals surface area contributed by atoms with Crippen molar-refractivity contribution >= 4 is 41.5 Å². The monoisotopic (exact) mass is 520 g/mol. The lowest BCUT2D eigenvalue weighted by Crippen LogP contribution is -2.39. The molecule has 2 rings (SSSR count). The van der Waals surface area contributed by atoms with Crippen molar-refractivity contribution in [3.8, 4) is 11.5 Å². The predicted molar refractivity (Wildman–Crippen MR) is 126 cm³/mol. The van der Waals surface area contributed by atoms with Crippen LogP contribution in [-0.4, -0.2) is 70.4 Å². The van der Waals surface area contributed by atoms with E-state index in [1.807, 2.05) is 25.1 Å². The number of carbonyl (C=O) groups is 1. The van der Waals surface area contributed by atoms with E-state index in [9.17, 15) is 4.79 Å². The number of amides is 1. The first-order chi connectivity index (χ1) is 13.5. The lowest BCUT2D eigenvalue weighted by Gasteiger charge is -2.24. The molecule has 0 aromatic heterocycles. The van der Waals surface area contributed by atoms with Crippen LogP contribution in [0.1, 0.15) is 26.2 Å². The summed E-state index contributed by atoms with van der Waals surface area (Å²) in [6.45, 7) is 3.97. The molecule has 1 aliphatic rings. The smallest absolute Gasteiger partial charge is 0.243 e. The number of hydrogen-bond acceptors (Lipinski definition) is 5. The second-order valence-electron chi connectivity index (χ2n) is 6.75. The molecule has 1 aromatic rings. The van der Waals surface area contributed by atoms with Crippen LogP contribution in [0.2, 0.25) is 0 Å². The van der Waals surface area contributed by atoms with Gasteiger partial charge in [-0.25, -0.2) is 4.99 Å². The Bertz CT molecular complexity index is 664. The van der Waals surface area contributed by atoms with Crippen LogP contribution in [0.25, 0.3) is 0 Å². The number of nitrogens with zero attached hydrogens (tertiary/aromatic N) is 2. The number of rotatable bonds is 8. The van der Waals surface area contributed by atoms with Gasteiger partial charge in [0, 0.05) is 39.0 Å². The van der Waals surface area contributed by atoms with E-state index in [0.29, 0.717) is 30.6 Å². The van der Waals surface area contributed by atoms with E-state index in [0.717, 1.165) is 25.1 Å². The lowest BCUT2D eigenvalue weighted by atomic mass is 10.1. The first kappa shape index (κ1) is 25.3. The SMILES string of the molecule is CCOc1ccc(NC(=NCC(=O)N(C)C)NCC2CCCCO2)cc1OC.I. The highest BCUT2D eigenvalue weighted by atomic mass is 127. The number of benzene rings is 1. The number of methoxy groups -OCH3 is 1. The van der Waals surface area contributed by atoms with Crippen molar-refractivity contribution in [1.82, 2.24) is 10.2 Å². The van der Waals surface area contributed by atoms with Crippen molar-refractivity contribution in [2.45, 2.75) is 32.3 Å². The molecular weight excluding hydrogens is 487 g/mol. The van der Waals surface area contributed by atoms with Gasteiger partial charge in [-0.2, -0.15) is 0 Å². The number of guanidine groups is 1. The third-order valence-electron chi connectivity index (χ3n) is 4.37. The van der Waals surface area contributed by atoms with E-state index in [4.69, 9.17) is 14.2 Å². The average molecular weight is 520 g/mol. The number of carbonyl (C=O) groups excluding carboxylic acids is 1. The van der Waals surface area contributed by atoms with Crippen LogP contribution in [0.4, 0.5) is 5.69 Å². The Morgan fingerprint density at radius 3 is 2.72 bits per heavy atom. The van der Waals surface area contributed by atoms with Gasteiger partial charge < -0.3 is 29.7 Å². The molecule has 164 valence electrons. The van der Waals surface area contributed by atoms with Crippen molar-refractivity contribution in [3.05, 3.63) is 18.2 Å². The van der Waals surface area contributed by atoms with E-state index < -0.39 is 0 Å². The van der Waals surface area contributed by atoms with E-state index in [2.05, 4.69) is 15.6 Å². The van der Waals surface area contributed by atoms with Crippen molar-refractivity contribution < 1.29 is 19.0 Å². The van der Waals surface area contributed by atoms with Gasteiger partial charge in [-0.05, 0) is 38.3 Å². The van der Waals surface area contributed by atoms with Gasteiger partial charge in [0.15, 0.2) is 17.5 Å². The first-order valence-corrected chi connectivity index (χ1v) is 9.71. The largest absolute Gasteiger partial charge is 0.493 e. The third kappa shape index (κ3) is 8.65. The summed E-state index contributed by atoms with van der Waals surface area (Å²) in [4.78, 5) is 17.9. The maximum absolute atomic E-state index is 11.9. The van der Waals surface area contributed by atoms with Gasteiger partial charge in [-0.15, -0.1) is 24.0 Å². The average Bonchev–Trinajstić information content (AvgIpc) is 2.71. The maximum atomic E-state index is 11.9. The van der Waals surface area contributed by atoms with Gasteiger partial charge in [0.25, 0.3) is 0 Å². The molecule has 1 heterocycles. The van der Waals surface area contributed by atoms with E-state index in [1.165, 1.54) is 11.3 Å². The quantitative estimate of drug-likeness (QED) is 0.312. The molecule has 0 bridgehead atoms. The molecule has 1 saturated heterocycles. The Kier molecular flexibility index (Phi) is 11.7. The number of halogens is 1. The van der Waals surface area contributed by atoms with Crippen molar-refractivity contribution in [1.29, 1.82) is 0 Å². The van der Waals surface area contributed by atoms with Gasteiger partial charge in [0.05, 0.1) is 19.8 Å². The van der Waals surface area contributed by atoms with Crippen LogP contribution in [-0.2, 0) is 9.53 Å². The van der Waals surface area contributed by atoms with Crippen molar-refractivity contribution in [3.63, 3.8) is 0 Å². The summed E-state index contributed by atoms with van der Waals surface area (Å²) in [6, 6.07) is 5.57. The third-order valence-corrected chi connectivity index (χ3v) is 4.37. The second-order valence-corrected chi connectivity index (χ2v) is 6.75. The van der Waals surface area contributed by atoms with Crippen molar-refractivity contribution in [2.75, 3.05) is 52.8 Å². The molecule has 1 unspecified atom stereocenters. The Balaban J connectivity index is 0.00000420. The van der Waals surface area contributed by atoms with Gasteiger partial charge in [-0.1, -0.05) is 0 Å². The highest BCUT2D eigenvalue weighted by molar-refractivity contribution is 14.0. The van der Waals surface area contributed by atoms with Crippen LogP contribution in [0.3, 0.4) is 0 Å². The molecule has 1 aliphatic heterocycles. The van der Waals surface area contributed by atoms with Crippen molar-refractivity contribution in [2.24, 2.45) is 4.99 Å². The van der Waals surface area contributed by atoms with Crippen LogP contribution in [0, 0.1) is 0 Å². The Morgan fingerprint density at radius 1 is 1.31 bits per heavy atom. The van der Waals surface area contributed by atoms with E-state index in [-0.39, 0.29) is 42.5 Å². The zero-order valence-corrected chi connectivity index (χ0v) is 20.0. The van der Waals surface area contributed by atoms with E-state index in [1.54, 1.807) is 21.2 Å². The molecule has 0 radical (unpaired) electrons. The fourth-order valence-corrected chi connectivity index (χ4v) is 2.76. The highest BCUT2D eigenvalue weighted by Crippen LogP contribution is 2.30. The molecule has 1 fully saturated rings. The van der Waals surface area contributed by atoms with Gasteiger partial charge in [0.1, 0.15) is 6.54 Å². The second kappa shape index (κ2) is 13.5. The minimum Gasteiger partial charge on any atom is -0.493 e. The minimum absolute atomic E-state index is 0. The summed E-state index contributed by atoms with van der Waals surface area (Å²) >= 11 is 0. The summed E-state index contributed by atoms with van der Waals surface area (Å²) in [5, 5.41) is 6.51. The first-order valence-electron chi connectivity index (χ1n) is 9.71. The number of likely N-dealkylation sites (N-methyl/N-ethyl adjacent to an activating group) is 1. The fourth-order valence-electron chi connectivity index (χ4n) is 2.76. The highest BCUT2D eigenvalue weighted by Gasteiger charge is 2.15. The summed E-state index contributed by atoms with van der Waals surface area (Å²) in [7, 11) is 5.03. The zero-order chi connectivity index (χ0) is 20.4. The lowest BCUT2D eigenvalue weighted by molar-refractivity contribution is -0.127. The molecule has 0 spiro atoms. The number of hydrogen-bond donors (Lipinski definition) is 2. The topological polar surface area (TPSA) is 84.4 Å². The summed E-state index contributed by atoms with van der Waals surface area (Å²) in [5.74, 6) is 1.77. The molecule has 1 aromatic carbocycles. The minimum atomic E-state index is -0.0701. The molecule has 0 aliphatic carbocycles. The summed E-state index contributed by atoms with van der Waals surface area (Å²) in [5.41, 5.74) is 0.786. The summed E-state index contributed by atoms with van der Waals surface area (Å²) < 4.78 is 16.7. The van der Waals surface area contributed by atoms with Gasteiger partial charge >= 0.3 is 0 Å².